The minimum absolute atomic E-state index is 0.0965. The Balaban J connectivity index is 1.78. The number of amides is 1. The van der Waals surface area contributed by atoms with Crippen LogP contribution in [0.3, 0.4) is 0 Å². The Morgan fingerprint density at radius 2 is 2.08 bits per heavy atom. The van der Waals surface area contributed by atoms with Crippen molar-refractivity contribution >= 4 is 23.4 Å². The fourth-order valence-corrected chi connectivity index (χ4v) is 4.11. The van der Waals surface area contributed by atoms with E-state index in [9.17, 15) is 4.79 Å². The van der Waals surface area contributed by atoms with Crippen molar-refractivity contribution in [3.63, 3.8) is 0 Å². The number of aryl methyl sites for hydroxylation is 1. The summed E-state index contributed by atoms with van der Waals surface area (Å²) >= 11 is 1.50. The van der Waals surface area contributed by atoms with E-state index in [1.54, 1.807) is 12.1 Å². The fraction of sp³-hybridized carbons (Fsp3) is 0.412. The summed E-state index contributed by atoms with van der Waals surface area (Å²) in [7, 11) is 0. The van der Waals surface area contributed by atoms with Crippen LogP contribution in [-0.4, -0.2) is 32.5 Å². The van der Waals surface area contributed by atoms with Gasteiger partial charge in [-0.15, -0.1) is 10.2 Å². The zero-order chi connectivity index (χ0) is 17.1. The predicted octanol–water partition coefficient (Wildman–Crippen LogP) is 2.77. The SMILES string of the molecule is CCn1c(C)nnc1SC1CCCN(c2ccc(C#N)cc2)C1=O. The molecule has 1 amide bonds. The quantitative estimate of drug-likeness (QED) is 0.855. The fourth-order valence-electron chi connectivity index (χ4n) is 2.86. The van der Waals surface area contributed by atoms with Crippen molar-refractivity contribution < 1.29 is 4.79 Å². The lowest BCUT2D eigenvalue weighted by molar-refractivity contribution is -0.119. The molecule has 1 aliphatic rings. The van der Waals surface area contributed by atoms with Crippen molar-refractivity contribution in [2.24, 2.45) is 0 Å². The average molecular weight is 341 g/mol. The second kappa shape index (κ2) is 7.05. The summed E-state index contributed by atoms with van der Waals surface area (Å²) in [4.78, 5) is 14.7. The van der Waals surface area contributed by atoms with E-state index in [0.29, 0.717) is 12.1 Å². The Labute approximate surface area is 145 Å². The van der Waals surface area contributed by atoms with Gasteiger partial charge in [0.25, 0.3) is 0 Å². The number of thioether (sulfide) groups is 1. The number of carbonyl (C=O) groups is 1. The molecule has 1 aromatic carbocycles. The standard InChI is InChI=1S/C17H19N5OS/c1-3-21-12(2)19-20-17(21)24-15-5-4-10-22(16(15)23)14-8-6-13(11-18)7-9-14/h6-9,15H,3-5,10H2,1-2H3. The number of piperidine rings is 1. The van der Waals surface area contributed by atoms with Gasteiger partial charge in [-0.25, -0.2) is 0 Å². The van der Waals surface area contributed by atoms with Crippen LogP contribution in [0.25, 0.3) is 0 Å². The van der Waals surface area contributed by atoms with E-state index in [2.05, 4.69) is 16.3 Å². The number of anilines is 1. The molecule has 0 spiro atoms. The van der Waals surface area contributed by atoms with Gasteiger partial charge in [0.05, 0.1) is 16.9 Å². The topological polar surface area (TPSA) is 74.8 Å². The lowest BCUT2D eigenvalue weighted by Gasteiger charge is -2.31. The molecule has 0 saturated carbocycles. The van der Waals surface area contributed by atoms with Gasteiger partial charge >= 0.3 is 0 Å². The molecule has 6 nitrogen and oxygen atoms in total. The van der Waals surface area contributed by atoms with Crippen LogP contribution in [0.15, 0.2) is 29.4 Å². The predicted molar refractivity (Wildman–Crippen MR) is 92.8 cm³/mol. The van der Waals surface area contributed by atoms with E-state index in [0.717, 1.165) is 36.1 Å². The van der Waals surface area contributed by atoms with E-state index in [1.807, 2.05) is 35.4 Å². The molecule has 2 aromatic rings. The molecule has 0 bridgehead atoms. The van der Waals surface area contributed by atoms with Gasteiger partial charge in [0.2, 0.25) is 5.91 Å². The number of nitrogens with zero attached hydrogens (tertiary/aromatic N) is 5. The van der Waals surface area contributed by atoms with E-state index < -0.39 is 0 Å². The summed E-state index contributed by atoms with van der Waals surface area (Å²) in [6.45, 7) is 5.47. The Bertz CT molecular complexity index is 777. The molecule has 24 heavy (non-hydrogen) atoms. The number of aromatic nitrogens is 3. The Hall–Kier alpha value is -2.33. The summed E-state index contributed by atoms with van der Waals surface area (Å²) < 4.78 is 2.03. The van der Waals surface area contributed by atoms with E-state index in [4.69, 9.17) is 5.26 Å². The van der Waals surface area contributed by atoms with Crippen LogP contribution in [0.2, 0.25) is 0 Å². The highest BCUT2D eigenvalue weighted by Crippen LogP contribution is 2.32. The molecule has 0 radical (unpaired) electrons. The summed E-state index contributed by atoms with van der Waals surface area (Å²) in [5, 5.41) is 17.9. The molecular weight excluding hydrogens is 322 g/mol. The second-order valence-electron chi connectivity index (χ2n) is 5.67. The summed E-state index contributed by atoms with van der Waals surface area (Å²) in [6, 6.07) is 9.26. The molecule has 2 heterocycles. The van der Waals surface area contributed by atoms with Gasteiger partial charge in [-0.2, -0.15) is 5.26 Å². The van der Waals surface area contributed by atoms with Crippen molar-refractivity contribution in [3.8, 4) is 6.07 Å². The zero-order valence-electron chi connectivity index (χ0n) is 13.8. The second-order valence-corrected chi connectivity index (χ2v) is 6.84. The average Bonchev–Trinajstić information content (AvgIpc) is 2.96. The molecule has 1 unspecified atom stereocenters. The molecule has 1 fully saturated rings. The van der Waals surface area contributed by atoms with Gasteiger partial charge in [-0.1, -0.05) is 11.8 Å². The minimum Gasteiger partial charge on any atom is -0.311 e. The van der Waals surface area contributed by atoms with Crippen LogP contribution in [-0.2, 0) is 11.3 Å². The van der Waals surface area contributed by atoms with Gasteiger partial charge in [-0.3, -0.25) is 4.79 Å². The van der Waals surface area contributed by atoms with Gasteiger partial charge in [0, 0.05) is 18.8 Å². The summed E-state index contributed by atoms with van der Waals surface area (Å²) in [5.74, 6) is 0.964. The third-order valence-electron chi connectivity index (χ3n) is 4.16. The van der Waals surface area contributed by atoms with Gasteiger partial charge in [0.15, 0.2) is 5.16 Å². The van der Waals surface area contributed by atoms with Gasteiger partial charge in [-0.05, 0) is 51.0 Å². The molecule has 1 saturated heterocycles. The lowest BCUT2D eigenvalue weighted by Crippen LogP contribution is -2.43. The van der Waals surface area contributed by atoms with Crippen molar-refractivity contribution in [1.29, 1.82) is 5.26 Å². The molecule has 1 aliphatic heterocycles. The van der Waals surface area contributed by atoms with Crippen molar-refractivity contribution in [2.75, 3.05) is 11.4 Å². The van der Waals surface area contributed by atoms with Crippen molar-refractivity contribution in [3.05, 3.63) is 35.7 Å². The summed E-state index contributed by atoms with van der Waals surface area (Å²) in [6.07, 6.45) is 1.79. The number of rotatable bonds is 4. The molecule has 1 atom stereocenters. The number of nitriles is 1. The molecule has 1 aromatic heterocycles. The smallest absolute Gasteiger partial charge is 0.240 e. The van der Waals surface area contributed by atoms with Crippen molar-refractivity contribution in [2.45, 2.75) is 43.6 Å². The highest BCUT2D eigenvalue weighted by atomic mass is 32.2. The first-order valence-corrected chi connectivity index (χ1v) is 8.90. The van der Waals surface area contributed by atoms with E-state index in [-0.39, 0.29) is 11.2 Å². The molecule has 0 N–H and O–H groups in total. The zero-order valence-corrected chi connectivity index (χ0v) is 14.6. The molecule has 7 heteroatoms. The minimum atomic E-state index is -0.150. The molecular formula is C17H19N5OS. The van der Waals surface area contributed by atoms with E-state index >= 15 is 0 Å². The maximum Gasteiger partial charge on any atom is 0.240 e. The Morgan fingerprint density at radius 3 is 2.75 bits per heavy atom. The number of hydrogen-bond acceptors (Lipinski definition) is 5. The normalized spacial score (nSPS) is 17.8. The maximum absolute atomic E-state index is 12.9. The van der Waals surface area contributed by atoms with Crippen LogP contribution < -0.4 is 4.90 Å². The number of carbonyl (C=O) groups excluding carboxylic acids is 1. The largest absolute Gasteiger partial charge is 0.311 e. The van der Waals surface area contributed by atoms with Crippen LogP contribution in [0.1, 0.15) is 31.2 Å². The van der Waals surface area contributed by atoms with E-state index in [1.165, 1.54) is 11.8 Å². The van der Waals surface area contributed by atoms with Gasteiger partial charge < -0.3 is 9.47 Å². The number of benzene rings is 1. The first-order chi connectivity index (χ1) is 11.6. The highest BCUT2D eigenvalue weighted by molar-refractivity contribution is 8.00. The first kappa shape index (κ1) is 16.5. The Kier molecular flexibility index (Phi) is 4.86. The number of hydrogen-bond donors (Lipinski definition) is 0. The van der Waals surface area contributed by atoms with Crippen molar-refractivity contribution in [1.82, 2.24) is 14.8 Å². The molecule has 124 valence electrons. The van der Waals surface area contributed by atoms with Crippen LogP contribution in [0, 0.1) is 18.3 Å². The third kappa shape index (κ3) is 3.15. The van der Waals surface area contributed by atoms with Gasteiger partial charge in [0.1, 0.15) is 5.82 Å². The molecule has 3 rings (SSSR count). The Morgan fingerprint density at radius 1 is 1.33 bits per heavy atom. The molecule has 0 aliphatic carbocycles. The third-order valence-corrected chi connectivity index (χ3v) is 5.40. The summed E-state index contributed by atoms with van der Waals surface area (Å²) in [5.41, 5.74) is 1.44. The maximum atomic E-state index is 12.9. The monoisotopic (exact) mass is 341 g/mol. The highest BCUT2D eigenvalue weighted by Gasteiger charge is 2.31. The van der Waals surface area contributed by atoms with Crippen LogP contribution in [0.5, 0.6) is 0 Å². The van der Waals surface area contributed by atoms with Crippen LogP contribution in [0.4, 0.5) is 5.69 Å². The lowest BCUT2D eigenvalue weighted by atomic mass is 10.1. The first-order valence-electron chi connectivity index (χ1n) is 8.02. The van der Waals surface area contributed by atoms with Crippen LogP contribution >= 0.6 is 11.8 Å².